The summed E-state index contributed by atoms with van der Waals surface area (Å²) in [6.07, 6.45) is 21.9. The van der Waals surface area contributed by atoms with Crippen molar-refractivity contribution in [2.45, 2.75) is 136 Å². The van der Waals surface area contributed by atoms with Gasteiger partial charge in [0.25, 0.3) is 0 Å². The van der Waals surface area contributed by atoms with E-state index in [4.69, 9.17) is 24.3 Å². The topological polar surface area (TPSA) is 134 Å². The van der Waals surface area contributed by atoms with E-state index in [1.807, 2.05) is 6.92 Å². The number of unbranched alkanes of at least 4 members (excludes halogenated alkanes) is 13. The predicted octanol–water partition coefficient (Wildman–Crippen LogP) is 7.15. The number of phosphoric acid groups is 1. The molecule has 0 saturated heterocycles. The zero-order chi connectivity index (χ0) is 29.0. The van der Waals surface area contributed by atoms with Crippen molar-refractivity contribution in [3.8, 4) is 0 Å². The Morgan fingerprint density at radius 1 is 0.744 bits per heavy atom. The molecule has 0 fully saturated rings. The minimum absolute atomic E-state index is 0.0532. The number of hydrogen-bond donors (Lipinski definition) is 2. The number of esters is 2. The van der Waals surface area contributed by atoms with Gasteiger partial charge in [-0.2, -0.15) is 0 Å². The second kappa shape index (κ2) is 26.9. The van der Waals surface area contributed by atoms with E-state index in [-0.39, 0.29) is 32.6 Å². The van der Waals surface area contributed by atoms with Crippen molar-refractivity contribution in [3.63, 3.8) is 0 Å². The third-order valence-electron chi connectivity index (χ3n) is 6.15. The third-order valence-corrected chi connectivity index (χ3v) is 7.14. The molecule has 0 spiro atoms. The van der Waals surface area contributed by atoms with Gasteiger partial charge in [-0.15, -0.1) is 0 Å². The van der Waals surface area contributed by atoms with E-state index < -0.39 is 32.5 Å². The molecule has 10 heteroatoms. The minimum Gasteiger partial charge on any atom is -0.462 e. The second-order valence-corrected chi connectivity index (χ2v) is 11.4. The molecular weight excluding hydrogens is 521 g/mol. The highest BCUT2D eigenvalue weighted by Crippen LogP contribution is 2.43. The third kappa shape index (κ3) is 26.7. The number of carbonyl (C=O) groups is 2. The van der Waals surface area contributed by atoms with Gasteiger partial charge in [0, 0.05) is 19.4 Å². The van der Waals surface area contributed by atoms with Gasteiger partial charge in [0.05, 0.1) is 13.2 Å². The largest absolute Gasteiger partial charge is 0.472 e. The highest BCUT2D eigenvalue weighted by molar-refractivity contribution is 7.47. The molecule has 2 atom stereocenters. The maximum absolute atomic E-state index is 12.3. The fourth-order valence-corrected chi connectivity index (χ4v) is 4.63. The smallest absolute Gasteiger partial charge is 0.462 e. The highest BCUT2D eigenvalue weighted by Gasteiger charge is 2.25. The summed E-state index contributed by atoms with van der Waals surface area (Å²) in [6, 6.07) is 0. The summed E-state index contributed by atoms with van der Waals surface area (Å²) < 4.78 is 32.1. The van der Waals surface area contributed by atoms with E-state index in [1.54, 1.807) is 0 Å². The van der Waals surface area contributed by atoms with Crippen LogP contribution in [0.5, 0.6) is 0 Å². The molecule has 0 aliphatic carbocycles. The molecule has 0 aromatic heterocycles. The molecule has 1 unspecified atom stereocenters. The van der Waals surface area contributed by atoms with E-state index in [2.05, 4.69) is 19.1 Å². The molecule has 0 bridgehead atoms. The van der Waals surface area contributed by atoms with E-state index in [0.717, 1.165) is 44.9 Å². The molecule has 0 aliphatic rings. The Hall–Kier alpha value is -1.25. The fourth-order valence-electron chi connectivity index (χ4n) is 3.86. The first-order valence-electron chi connectivity index (χ1n) is 15.2. The first-order chi connectivity index (χ1) is 18.8. The Morgan fingerprint density at radius 3 is 1.87 bits per heavy atom. The molecule has 9 nitrogen and oxygen atoms in total. The lowest BCUT2D eigenvalue weighted by Crippen LogP contribution is -2.29. The standard InChI is InChI=1S/C29H56NO8P/c1-3-5-7-8-9-10-11-12-13-14-15-16-17-18-20-22-29(32)38-27(25-35-28(31)21-19-6-4-2)26-37-39(33,34)36-24-23-30/h12-13,27H,3-11,14-26,30H2,1-2H3,(H,33,34)/b13-12-/t27-/m1/s1. The molecule has 0 rings (SSSR count). The van der Waals surface area contributed by atoms with Crippen molar-refractivity contribution < 1.29 is 37.6 Å². The Kier molecular flexibility index (Phi) is 26.1. The summed E-state index contributed by atoms with van der Waals surface area (Å²) in [4.78, 5) is 34.0. The number of carbonyl (C=O) groups excluding carboxylic acids is 2. The van der Waals surface area contributed by atoms with Gasteiger partial charge in [0.2, 0.25) is 0 Å². The summed E-state index contributed by atoms with van der Waals surface area (Å²) in [5, 5.41) is 0. The lowest BCUT2D eigenvalue weighted by molar-refractivity contribution is -0.161. The summed E-state index contributed by atoms with van der Waals surface area (Å²) in [5.41, 5.74) is 5.28. The zero-order valence-electron chi connectivity index (χ0n) is 24.6. The highest BCUT2D eigenvalue weighted by atomic mass is 31.2. The van der Waals surface area contributed by atoms with Gasteiger partial charge >= 0.3 is 19.8 Å². The fraction of sp³-hybridized carbons (Fsp3) is 0.862. The lowest BCUT2D eigenvalue weighted by atomic mass is 10.1. The molecule has 0 amide bonds. The molecule has 3 N–H and O–H groups in total. The van der Waals surface area contributed by atoms with Crippen molar-refractivity contribution >= 4 is 19.8 Å². The number of allylic oxidation sites excluding steroid dienone is 2. The maximum Gasteiger partial charge on any atom is 0.472 e. The van der Waals surface area contributed by atoms with Crippen LogP contribution in [0.25, 0.3) is 0 Å². The SMILES string of the molecule is CCCCCCCC/C=C\CCCCCCCC(=O)O[C@H](COC(=O)CCCCC)COP(=O)(O)OCCN. The number of hydrogen-bond acceptors (Lipinski definition) is 8. The number of ether oxygens (including phenoxy) is 2. The van der Waals surface area contributed by atoms with E-state index in [9.17, 15) is 19.0 Å². The van der Waals surface area contributed by atoms with Crippen LogP contribution in [0.3, 0.4) is 0 Å². The average Bonchev–Trinajstić information content (AvgIpc) is 2.91. The first-order valence-corrected chi connectivity index (χ1v) is 16.7. The first kappa shape index (κ1) is 37.8. The van der Waals surface area contributed by atoms with Gasteiger partial charge in [-0.25, -0.2) is 4.57 Å². The van der Waals surface area contributed by atoms with Crippen LogP contribution >= 0.6 is 7.82 Å². The molecule has 0 saturated carbocycles. The van der Waals surface area contributed by atoms with Crippen molar-refractivity contribution in [2.75, 3.05) is 26.4 Å². The van der Waals surface area contributed by atoms with Crippen molar-refractivity contribution in [1.29, 1.82) is 0 Å². The van der Waals surface area contributed by atoms with E-state index in [1.165, 1.54) is 44.9 Å². The van der Waals surface area contributed by atoms with Gasteiger partial charge in [0.15, 0.2) is 6.10 Å². The van der Waals surface area contributed by atoms with Crippen LogP contribution in [0.4, 0.5) is 0 Å². The van der Waals surface area contributed by atoms with Crippen molar-refractivity contribution in [3.05, 3.63) is 12.2 Å². The number of phosphoric ester groups is 1. The molecule has 39 heavy (non-hydrogen) atoms. The van der Waals surface area contributed by atoms with Crippen LogP contribution < -0.4 is 5.73 Å². The van der Waals surface area contributed by atoms with E-state index in [0.29, 0.717) is 12.8 Å². The molecule has 230 valence electrons. The zero-order valence-corrected chi connectivity index (χ0v) is 25.5. The summed E-state index contributed by atoms with van der Waals surface area (Å²) in [5.74, 6) is -0.868. The molecule has 0 heterocycles. The number of rotatable bonds is 28. The summed E-state index contributed by atoms with van der Waals surface area (Å²) in [6.45, 7) is 3.50. The van der Waals surface area contributed by atoms with Crippen molar-refractivity contribution in [1.82, 2.24) is 0 Å². The monoisotopic (exact) mass is 577 g/mol. The Labute approximate surface area is 237 Å². The quantitative estimate of drug-likeness (QED) is 0.0430. The van der Waals surface area contributed by atoms with Crippen LogP contribution in [0.2, 0.25) is 0 Å². The minimum atomic E-state index is -4.35. The van der Waals surface area contributed by atoms with Crippen LogP contribution in [-0.4, -0.2) is 49.3 Å². The molecule has 0 aromatic rings. The predicted molar refractivity (Wildman–Crippen MR) is 155 cm³/mol. The lowest BCUT2D eigenvalue weighted by Gasteiger charge is -2.19. The molecule has 0 aromatic carbocycles. The van der Waals surface area contributed by atoms with Crippen LogP contribution in [0, 0.1) is 0 Å². The number of nitrogens with two attached hydrogens (primary N) is 1. The molecular formula is C29H56NO8P. The van der Waals surface area contributed by atoms with Gasteiger partial charge in [-0.05, 0) is 38.5 Å². The summed E-state index contributed by atoms with van der Waals surface area (Å²) in [7, 11) is -4.35. The maximum atomic E-state index is 12.3. The molecule has 0 radical (unpaired) electrons. The summed E-state index contributed by atoms with van der Waals surface area (Å²) >= 11 is 0. The van der Waals surface area contributed by atoms with Gasteiger partial charge in [-0.1, -0.05) is 90.2 Å². The van der Waals surface area contributed by atoms with Crippen LogP contribution in [0.1, 0.15) is 129 Å². The van der Waals surface area contributed by atoms with Gasteiger partial charge in [-0.3, -0.25) is 18.6 Å². The van der Waals surface area contributed by atoms with Crippen LogP contribution in [0.15, 0.2) is 12.2 Å². The van der Waals surface area contributed by atoms with Crippen LogP contribution in [-0.2, 0) is 32.7 Å². The van der Waals surface area contributed by atoms with Gasteiger partial charge < -0.3 is 20.1 Å². The van der Waals surface area contributed by atoms with Crippen molar-refractivity contribution in [2.24, 2.45) is 5.73 Å². The van der Waals surface area contributed by atoms with E-state index >= 15 is 0 Å². The van der Waals surface area contributed by atoms with Gasteiger partial charge in [0.1, 0.15) is 6.61 Å². The Balaban J connectivity index is 4.16. The normalized spacial score (nSPS) is 13.8. The Morgan fingerprint density at radius 2 is 1.26 bits per heavy atom. The Bertz CT molecular complexity index is 674. The second-order valence-electron chi connectivity index (χ2n) is 9.97. The molecule has 0 aliphatic heterocycles. The average molecular weight is 578 g/mol.